The Morgan fingerprint density at radius 1 is 1.26 bits per heavy atom. The quantitative estimate of drug-likeness (QED) is 0.717. The van der Waals surface area contributed by atoms with Crippen LogP contribution in [0.4, 0.5) is 0 Å². The number of amides is 1. The molecule has 128 valence electrons. The average molecular weight is 445 g/mol. The Kier molecular flexibility index (Phi) is 6.62. The van der Waals surface area contributed by atoms with E-state index in [1.165, 1.54) is 0 Å². The van der Waals surface area contributed by atoms with E-state index in [1.54, 1.807) is 24.3 Å². The van der Waals surface area contributed by atoms with Crippen molar-refractivity contribution >= 4 is 56.6 Å². The van der Waals surface area contributed by atoms with Crippen LogP contribution < -0.4 is 5.32 Å². The molecule has 1 saturated heterocycles. The molecule has 0 spiro atoms. The number of nitrogens with one attached hydrogen (secondary N) is 1. The van der Waals surface area contributed by atoms with Gasteiger partial charge in [0.2, 0.25) is 3.79 Å². The predicted octanol–water partition coefficient (Wildman–Crippen LogP) is 3.98. The summed E-state index contributed by atoms with van der Waals surface area (Å²) >= 11 is 21.7. The van der Waals surface area contributed by atoms with E-state index in [0.717, 1.165) is 4.47 Å². The van der Waals surface area contributed by atoms with Crippen LogP contribution >= 0.6 is 50.7 Å². The van der Waals surface area contributed by atoms with E-state index in [4.69, 9.17) is 39.5 Å². The lowest BCUT2D eigenvalue weighted by Crippen LogP contribution is -2.60. The molecule has 1 aliphatic rings. The van der Waals surface area contributed by atoms with Crippen molar-refractivity contribution in [1.82, 2.24) is 10.2 Å². The summed E-state index contributed by atoms with van der Waals surface area (Å²) in [6, 6.07) is 7.00. The molecule has 8 heteroatoms. The van der Waals surface area contributed by atoms with Crippen molar-refractivity contribution in [3.05, 3.63) is 34.3 Å². The summed E-state index contributed by atoms with van der Waals surface area (Å²) < 4.78 is 4.93. The van der Waals surface area contributed by atoms with Gasteiger partial charge in [-0.2, -0.15) is 0 Å². The van der Waals surface area contributed by atoms with Gasteiger partial charge in [-0.25, -0.2) is 0 Å². The van der Waals surface area contributed by atoms with Gasteiger partial charge < -0.3 is 10.1 Å². The summed E-state index contributed by atoms with van der Waals surface area (Å²) in [4.78, 5) is 14.4. The second-order valence-electron chi connectivity index (χ2n) is 5.64. The molecular formula is C15H18BrCl3N2O2. The van der Waals surface area contributed by atoms with Crippen LogP contribution in [0, 0.1) is 0 Å². The molecule has 1 aromatic rings. The lowest BCUT2D eigenvalue weighted by Gasteiger charge is -2.42. The van der Waals surface area contributed by atoms with E-state index < -0.39 is 9.96 Å². The van der Waals surface area contributed by atoms with E-state index in [1.807, 2.05) is 18.7 Å². The lowest BCUT2D eigenvalue weighted by atomic mass is 10.2. The van der Waals surface area contributed by atoms with Crippen molar-refractivity contribution in [2.45, 2.75) is 36.0 Å². The number of carbonyl (C=O) groups is 1. The molecule has 1 amide bonds. The molecule has 0 radical (unpaired) electrons. The first kappa shape index (κ1) is 19.3. The molecule has 4 nitrogen and oxygen atoms in total. The van der Waals surface area contributed by atoms with Gasteiger partial charge in [0.1, 0.15) is 6.17 Å². The molecule has 3 atom stereocenters. The first-order chi connectivity index (χ1) is 10.7. The van der Waals surface area contributed by atoms with E-state index in [9.17, 15) is 4.79 Å². The number of carbonyl (C=O) groups excluding carboxylic acids is 1. The third-order valence-corrected chi connectivity index (χ3v) is 4.65. The third kappa shape index (κ3) is 5.48. The maximum Gasteiger partial charge on any atom is 0.252 e. The lowest BCUT2D eigenvalue weighted by molar-refractivity contribution is -0.0826. The van der Waals surface area contributed by atoms with Crippen molar-refractivity contribution in [2.75, 3.05) is 13.1 Å². The highest BCUT2D eigenvalue weighted by molar-refractivity contribution is 9.10. The van der Waals surface area contributed by atoms with Gasteiger partial charge in [0.15, 0.2) is 0 Å². The second kappa shape index (κ2) is 7.89. The average Bonchev–Trinajstić information content (AvgIpc) is 2.42. The van der Waals surface area contributed by atoms with Crippen molar-refractivity contribution in [3.8, 4) is 0 Å². The molecule has 1 fully saturated rings. The fourth-order valence-corrected chi connectivity index (χ4v) is 3.46. The minimum absolute atomic E-state index is 0.00168. The Morgan fingerprint density at radius 2 is 1.78 bits per heavy atom. The normalized spacial score (nSPS) is 24.3. The van der Waals surface area contributed by atoms with Crippen molar-refractivity contribution in [1.29, 1.82) is 0 Å². The number of morpholine rings is 1. The monoisotopic (exact) mass is 442 g/mol. The van der Waals surface area contributed by atoms with Gasteiger partial charge in [0.25, 0.3) is 5.91 Å². The molecule has 1 aromatic carbocycles. The summed E-state index contributed by atoms with van der Waals surface area (Å²) in [7, 11) is 0. The summed E-state index contributed by atoms with van der Waals surface area (Å²) in [5.41, 5.74) is 0.502. The maximum atomic E-state index is 12.5. The Labute approximate surface area is 159 Å². The molecule has 23 heavy (non-hydrogen) atoms. The van der Waals surface area contributed by atoms with Gasteiger partial charge in [-0.3, -0.25) is 9.69 Å². The van der Waals surface area contributed by atoms with Crippen molar-refractivity contribution in [3.63, 3.8) is 0 Å². The number of benzene rings is 1. The second-order valence-corrected chi connectivity index (χ2v) is 8.92. The van der Waals surface area contributed by atoms with Crippen LogP contribution in [0.2, 0.25) is 0 Å². The molecule has 0 aliphatic carbocycles. The van der Waals surface area contributed by atoms with Gasteiger partial charge in [-0.05, 0) is 38.1 Å². The minimum atomic E-state index is -1.65. The molecule has 0 aromatic heterocycles. The van der Waals surface area contributed by atoms with Gasteiger partial charge in [0.05, 0.1) is 12.2 Å². The molecule has 0 bridgehead atoms. The molecule has 0 unspecified atom stereocenters. The first-order valence-electron chi connectivity index (χ1n) is 7.19. The van der Waals surface area contributed by atoms with Crippen LogP contribution in [-0.4, -0.2) is 46.1 Å². The van der Waals surface area contributed by atoms with Crippen LogP contribution in [0.5, 0.6) is 0 Å². The fraction of sp³-hybridized carbons (Fsp3) is 0.533. The highest BCUT2D eigenvalue weighted by Crippen LogP contribution is 2.33. The number of rotatable bonds is 3. The Balaban J connectivity index is 2.16. The Hall–Kier alpha value is -0.0400. The van der Waals surface area contributed by atoms with E-state index in [-0.39, 0.29) is 18.1 Å². The summed E-state index contributed by atoms with van der Waals surface area (Å²) in [5.74, 6) is -0.291. The maximum absolute atomic E-state index is 12.5. The zero-order valence-electron chi connectivity index (χ0n) is 12.7. The molecule has 1 heterocycles. The van der Waals surface area contributed by atoms with Crippen molar-refractivity contribution < 1.29 is 9.53 Å². The number of ether oxygens (including phenoxy) is 1. The van der Waals surface area contributed by atoms with E-state index in [0.29, 0.717) is 18.7 Å². The molecule has 0 saturated carbocycles. The van der Waals surface area contributed by atoms with Gasteiger partial charge in [0, 0.05) is 23.1 Å². The molecule has 1 aliphatic heterocycles. The van der Waals surface area contributed by atoms with Crippen LogP contribution in [0.3, 0.4) is 0 Å². The fourth-order valence-electron chi connectivity index (χ4n) is 2.62. The first-order valence-corrected chi connectivity index (χ1v) is 9.12. The summed E-state index contributed by atoms with van der Waals surface area (Å²) in [6.45, 7) is 5.05. The number of halogens is 4. The van der Waals surface area contributed by atoms with Gasteiger partial charge in [-0.15, -0.1) is 0 Å². The number of hydrogen-bond acceptors (Lipinski definition) is 3. The highest BCUT2D eigenvalue weighted by atomic mass is 79.9. The van der Waals surface area contributed by atoms with Crippen LogP contribution in [0.1, 0.15) is 24.2 Å². The number of nitrogens with zero attached hydrogens (tertiary/aromatic N) is 1. The zero-order chi connectivity index (χ0) is 17.2. The highest BCUT2D eigenvalue weighted by Gasteiger charge is 2.41. The van der Waals surface area contributed by atoms with Crippen LogP contribution in [0.25, 0.3) is 0 Å². The minimum Gasteiger partial charge on any atom is -0.373 e. The van der Waals surface area contributed by atoms with Gasteiger partial charge in [-0.1, -0.05) is 50.7 Å². The van der Waals surface area contributed by atoms with Gasteiger partial charge >= 0.3 is 0 Å². The SMILES string of the molecule is C[C@@H]1CN([C@@H](NC(=O)c2ccc(Br)cc2)C(Cl)(Cl)Cl)C[C@H](C)O1. The molecular weight excluding hydrogens is 426 g/mol. The summed E-state index contributed by atoms with van der Waals surface area (Å²) in [5, 5.41) is 2.82. The number of hydrogen-bond donors (Lipinski definition) is 1. The third-order valence-electron chi connectivity index (χ3n) is 3.50. The molecule has 2 rings (SSSR count). The smallest absolute Gasteiger partial charge is 0.252 e. The van der Waals surface area contributed by atoms with E-state index >= 15 is 0 Å². The van der Waals surface area contributed by atoms with Crippen LogP contribution in [-0.2, 0) is 4.74 Å². The Morgan fingerprint density at radius 3 is 2.26 bits per heavy atom. The number of alkyl halides is 3. The Bertz CT molecular complexity index is 541. The zero-order valence-corrected chi connectivity index (χ0v) is 16.6. The summed E-state index contributed by atoms with van der Waals surface area (Å²) in [6.07, 6.45) is -0.742. The van der Waals surface area contributed by atoms with E-state index in [2.05, 4.69) is 21.2 Å². The topological polar surface area (TPSA) is 41.6 Å². The largest absolute Gasteiger partial charge is 0.373 e. The predicted molar refractivity (Wildman–Crippen MR) is 97.3 cm³/mol. The standard InChI is InChI=1S/C15H18BrCl3N2O2/c1-9-7-21(8-10(2)23-9)14(15(17,18)19)20-13(22)11-3-5-12(16)6-4-11/h3-6,9-10,14H,7-8H2,1-2H3,(H,20,22)/t9-,10+,14-/m1/s1. The molecule has 1 N–H and O–H groups in total. The van der Waals surface area contributed by atoms with Crippen molar-refractivity contribution in [2.24, 2.45) is 0 Å². The van der Waals surface area contributed by atoms with Crippen LogP contribution in [0.15, 0.2) is 28.7 Å².